The molecule has 2 aliphatic rings. The van der Waals surface area contributed by atoms with Gasteiger partial charge in [0, 0.05) is 26.2 Å². The maximum absolute atomic E-state index is 12.2. The van der Waals surface area contributed by atoms with Crippen LogP contribution in [0.1, 0.15) is 32.1 Å². The van der Waals surface area contributed by atoms with Gasteiger partial charge in [0.05, 0.1) is 6.04 Å². The van der Waals surface area contributed by atoms with Gasteiger partial charge in [-0.1, -0.05) is 26.2 Å². The van der Waals surface area contributed by atoms with Gasteiger partial charge < -0.3 is 10.6 Å². The van der Waals surface area contributed by atoms with Crippen molar-refractivity contribution in [1.82, 2.24) is 9.80 Å². The molecule has 2 N–H and O–H groups in total. The number of rotatable bonds is 6. The van der Waals surface area contributed by atoms with Crippen LogP contribution in [0, 0.1) is 12.8 Å². The van der Waals surface area contributed by atoms with Crippen LogP contribution >= 0.6 is 0 Å². The van der Waals surface area contributed by atoms with Crippen LogP contribution in [0.15, 0.2) is 0 Å². The highest BCUT2D eigenvalue weighted by molar-refractivity contribution is 5.81. The molecule has 18 heavy (non-hydrogen) atoms. The molecule has 0 aromatic carbocycles. The van der Waals surface area contributed by atoms with E-state index in [2.05, 4.69) is 11.8 Å². The number of amides is 1. The van der Waals surface area contributed by atoms with Crippen LogP contribution < -0.4 is 5.73 Å². The summed E-state index contributed by atoms with van der Waals surface area (Å²) < 4.78 is 0. The Balaban J connectivity index is 1.69. The van der Waals surface area contributed by atoms with Gasteiger partial charge in [-0.05, 0) is 25.3 Å². The quantitative estimate of drug-likeness (QED) is 0.763. The van der Waals surface area contributed by atoms with Gasteiger partial charge in [0.15, 0.2) is 0 Å². The van der Waals surface area contributed by atoms with Crippen molar-refractivity contribution in [2.24, 2.45) is 11.7 Å². The zero-order valence-corrected chi connectivity index (χ0v) is 11.3. The van der Waals surface area contributed by atoms with Crippen molar-refractivity contribution in [3.8, 4) is 0 Å². The zero-order chi connectivity index (χ0) is 13.0. The summed E-state index contributed by atoms with van der Waals surface area (Å²) in [7, 11) is 0. The first-order chi connectivity index (χ1) is 8.70. The Hall–Kier alpha value is -0.610. The molecule has 1 aliphatic carbocycles. The van der Waals surface area contributed by atoms with Crippen molar-refractivity contribution in [3.05, 3.63) is 6.92 Å². The van der Waals surface area contributed by atoms with E-state index in [1.54, 1.807) is 0 Å². The standard InChI is InChI=1S/C14H26N3O/c1-2-3-6-16-7-9-17(10-8-16)14(18)13(15)11-12-4-5-12/h12-13H,1-11,15H2/t13-/m0/s1. The molecule has 4 nitrogen and oxygen atoms in total. The van der Waals surface area contributed by atoms with Crippen molar-refractivity contribution in [1.29, 1.82) is 0 Å². The van der Waals surface area contributed by atoms with E-state index in [1.165, 1.54) is 12.8 Å². The fourth-order valence-corrected chi connectivity index (χ4v) is 2.58. The number of piperazine rings is 1. The summed E-state index contributed by atoms with van der Waals surface area (Å²) in [6, 6.07) is -0.260. The molecule has 2 rings (SSSR count). The molecule has 1 saturated heterocycles. The molecule has 0 bridgehead atoms. The summed E-state index contributed by atoms with van der Waals surface area (Å²) in [4.78, 5) is 16.5. The van der Waals surface area contributed by atoms with Gasteiger partial charge in [-0.2, -0.15) is 0 Å². The number of carbonyl (C=O) groups is 1. The van der Waals surface area contributed by atoms with E-state index in [9.17, 15) is 4.79 Å². The molecule has 4 heteroatoms. The molecule has 103 valence electrons. The highest BCUT2D eigenvalue weighted by Gasteiger charge is 2.30. The molecule has 2 fully saturated rings. The van der Waals surface area contributed by atoms with E-state index >= 15 is 0 Å². The molecule has 0 aromatic rings. The van der Waals surface area contributed by atoms with Crippen LogP contribution in [0.3, 0.4) is 0 Å². The zero-order valence-electron chi connectivity index (χ0n) is 11.3. The SMILES string of the molecule is [CH2]CCCN1CCN(C(=O)[C@@H](N)CC2CC2)CC1. The van der Waals surface area contributed by atoms with Gasteiger partial charge in [-0.15, -0.1) is 0 Å². The summed E-state index contributed by atoms with van der Waals surface area (Å²) in [6.07, 6.45) is 5.56. The maximum Gasteiger partial charge on any atom is 0.239 e. The van der Waals surface area contributed by atoms with Crippen LogP contribution in [0.5, 0.6) is 0 Å². The summed E-state index contributed by atoms with van der Waals surface area (Å²) >= 11 is 0. The molecular formula is C14H26N3O. The van der Waals surface area contributed by atoms with Crippen LogP contribution in [-0.2, 0) is 4.79 Å². The van der Waals surface area contributed by atoms with Crippen LogP contribution in [-0.4, -0.2) is 54.5 Å². The Morgan fingerprint density at radius 1 is 1.28 bits per heavy atom. The van der Waals surface area contributed by atoms with Crippen molar-refractivity contribution >= 4 is 5.91 Å². The third-order valence-corrected chi connectivity index (χ3v) is 4.01. The predicted octanol–water partition coefficient (Wildman–Crippen LogP) is 0.872. The van der Waals surface area contributed by atoms with Gasteiger partial charge in [-0.25, -0.2) is 0 Å². The monoisotopic (exact) mass is 252 g/mol. The Morgan fingerprint density at radius 2 is 1.94 bits per heavy atom. The first-order valence-electron chi connectivity index (χ1n) is 7.26. The number of hydrogen-bond acceptors (Lipinski definition) is 3. The average molecular weight is 252 g/mol. The molecule has 1 atom stereocenters. The minimum absolute atomic E-state index is 0.165. The van der Waals surface area contributed by atoms with Crippen molar-refractivity contribution < 1.29 is 4.79 Å². The second kappa shape index (κ2) is 6.53. The first-order valence-corrected chi connectivity index (χ1v) is 7.26. The van der Waals surface area contributed by atoms with Gasteiger partial charge in [0.1, 0.15) is 0 Å². The second-order valence-corrected chi connectivity index (χ2v) is 5.66. The average Bonchev–Trinajstić information content (AvgIpc) is 3.20. The fraction of sp³-hybridized carbons (Fsp3) is 0.857. The smallest absolute Gasteiger partial charge is 0.239 e. The van der Waals surface area contributed by atoms with Crippen molar-refractivity contribution in [2.75, 3.05) is 32.7 Å². The third-order valence-electron chi connectivity index (χ3n) is 4.01. The van der Waals surface area contributed by atoms with E-state index < -0.39 is 0 Å². The fourth-order valence-electron chi connectivity index (χ4n) is 2.58. The minimum atomic E-state index is -0.260. The lowest BCUT2D eigenvalue weighted by molar-refractivity contribution is -0.134. The predicted molar refractivity (Wildman–Crippen MR) is 72.9 cm³/mol. The molecular weight excluding hydrogens is 226 g/mol. The van der Waals surface area contributed by atoms with Gasteiger partial charge >= 0.3 is 0 Å². The molecule has 1 amide bonds. The number of carbonyl (C=O) groups excluding carboxylic acids is 1. The molecule has 0 spiro atoms. The highest BCUT2D eigenvalue weighted by Crippen LogP contribution is 2.33. The Morgan fingerprint density at radius 3 is 2.50 bits per heavy atom. The lowest BCUT2D eigenvalue weighted by Gasteiger charge is -2.35. The number of nitrogens with two attached hydrogens (primary N) is 1. The van der Waals surface area contributed by atoms with Crippen LogP contribution in [0.4, 0.5) is 0 Å². The Kier molecular flexibility index (Phi) is 5.01. The highest BCUT2D eigenvalue weighted by atomic mass is 16.2. The Labute approximate surface area is 110 Å². The summed E-state index contributed by atoms with van der Waals surface area (Å²) in [5.74, 6) is 0.890. The molecule has 1 saturated carbocycles. The molecule has 1 radical (unpaired) electrons. The first kappa shape index (κ1) is 13.8. The Bertz CT molecular complexity index is 270. The van der Waals surface area contributed by atoms with E-state index in [1.807, 2.05) is 4.90 Å². The van der Waals surface area contributed by atoms with Crippen molar-refractivity contribution in [3.63, 3.8) is 0 Å². The summed E-state index contributed by atoms with van der Waals surface area (Å²) in [5, 5.41) is 0. The van der Waals surface area contributed by atoms with E-state index in [0.717, 1.165) is 57.9 Å². The summed E-state index contributed by atoms with van der Waals surface area (Å²) in [6.45, 7) is 8.63. The van der Waals surface area contributed by atoms with E-state index in [-0.39, 0.29) is 11.9 Å². The van der Waals surface area contributed by atoms with Crippen LogP contribution in [0.25, 0.3) is 0 Å². The molecule has 0 aromatic heterocycles. The van der Waals surface area contributed by atoms with E-state index in [4.69, 9.17) is 5.73 Å². The molecule has 1 aliphatic heterocycles. The van der Waals surface area contributed by atoms with Crippen molar-refractivity contribution in [2.45, 2.75) is 38.1 Å². The normalized spacial score (nSPS) is 23.1. The van der Waals surface area contributed by atoms with Gasteiger partial charge in [0.25, 0.3) is 0 Å². The lowest BCUT2D eigenvalue weighted by atomic mass is 10.1. The minimum Gasteiger partial charge on any atom is -0.339 e. The second-order valence-electron chi connectivity index (χ2n) is 5.66. The number of unbranched alkanes of at least 4 members (excludes halogenated alkanes) is 1. The lowest BCUT2D eigenvalue weighted by Crippen LogP contribution is -2.53. The molecule has 0 unspecified atom stereocenters. The maximum atomic E-state index is 12.2. The summed E-state index contributed by atoms with van der Waals surface area (Å²) in [5.41, 5.74) is 5.99. The van der Waals surface area contributed by atoms with E-state index in [0.29, 0.717) is 0 Å². The van der Waals surface area contributed by atoms with Crippen LogP contribution in [0.2, 0.25) is 0 Å². The largest absolute Gasteiger partial charge is 0.339 e. The third kappa shape index (κ3) is 3.95. The number of nitrogens with zero attached hydrogens (tertiary/aromatic N) is 2. The topological polar surface area (TPSA) is 49.6 Å². The van der Waals surface area contributed by atoms with Gasteiger partial charge in [0.2, 0.25) is 5.91 Å². The number of hydrogen-bond donors (Lipinski definition) is 1. The van der Waals surface area contributed by atoms with Gasteiger partial charge in [-0.3, -0.25) is 9.69 Å². The molecule has 1 heterocycles.